The monoisotopic (exact) mass is 295 g/mol. The zero-order valence-electron chi connectivity index (χ0n) is 12.9. The van der Waals surface area contributed by atoms with Crippen molar-refractivity contribution < 1.29 is 9.84 Å². The van der Waals surface area contributed by atoms with E-state index in [4.69, 9.17) is 4.74 Å². The maximum absolute atomic E-state index is 9.29. The number of hydrogen-bond donors (Lipinski definition) is 2. The molecule has 21 heavy (non-hydrogen) atoms. The van der Waals surface area contributed by atoms with Crippen molar-refractivity contribution in [2.75, 3.05) is 37.0 Å². The number of aromatic nitrogens is 3. The fourth-order valence-electron chi connectivity index (χ4n) is 2.37. The van der Waals surface area contributed by atoms with Crippen LogP contribution in [0.15, 0.2) is 0 Å². The molecule has 1 saturated heterocycles. The number of nitrogens with one attached hydrogen (secondary N) is 1. The van der Waals surface area contributed by atoms with E-state index in [0.29, 0.717) is 17.9 Å². The van der Waals surface area contributed by atoms with Crippen molar-refractivity contribution >= 4 is 11.9 Å². The Balaban J connectivity index is 2.19. The molecule has 0 saturated carbocycles. The molecule has 1 aromatic heterocycles. The van der Waals surface area contributed by atoms with Crippen LogP contribution in [0, 0.1) is 0 Å². The van der Waals surface area contributed by atoms with Gasteiger partial charge in [0.25, 0.3) is 0 Å². The number of anilines is 2. The normalized spacial score (nSPS) is 17.2. The van der Waals surface area contributed by atoms with Crippen LogP contribution in [-0.2, 0) is 0 Å². The molecule has 2 heterocycles. The van der Waals surface area contributed by atoms with Gasteiger partial charge in [0.1, 0.15) is 0 Å². The van der Waals surface area contributed by atoms with Gasteiger partial charge in [-0.3, -0.25) is 0 Å². The summed E-state index contributed by atoms with van der Waals surface area (Å²) in [6.45, 7) is 3.97. The highest BCUT2D eigenvalue weighted by molar-refractivity contribution is 5.39. The first-order valence-corrected chi connectivity index (χ1v) is 7.69. The predicted octanol–water partition coefficient (Wildman–Crippen LogP) is 1.44. The molecule has 118 valence electrons. The molecular weight excluding hydrogens is 270 g/mol. The average Bonchev–Trinajstić information content (AvgIpc) is 2.81. The Labute approximate surface area is 125 Å². The zero-order valence-corrected chi connectivity index (χ0v) is 12.9. The van der Waals surface area contributed by atoms with Crippen LogP contribution < -0.4 is 15.0 Å². The Morgan fingerprint density at radius 2 is 1.90 bits per heavy atom. The van der Waals surface area contributed by atoms with Crippen molar-refractivity contribution in [1.82, 2.24) is 15.0 Å². The lowest BCUT2D eigenvalue weighted by atomic mass is 10.2. The highest BCUT2D eigenvalue weighted by Gasteiger charge is 2.16. The molecule has 0 amide bonds. The van der Waals surface area contributed by atoms with Gasteiger partial charge in [-0.05, 0) is 19.3 Å². The minimum absolute atomic E-state index is 0.0452. The number of aliphatic hydroxyl groups is 1. The summed E-state index contributed by atoms with van der Waals surface area (Å²) in [7, 11) is 1.55. The second-order valence-corrected chi connectivity index (χ2v) is 5.28. The fraction of sp³-hybridized carbons (Fsp3) is 0.786. The van der Waals surface area contributed by atoms with Crippen LogP contribution in [0.1, 0.15) is 39.0 Å². The van der Waals surface area contributed by atoms with Gasteiger partial charge in [0.15, 0.2) is 0 Å². The van der Waals surface area contributed by atoms with Gasteiger partial charge in [-0.2, -0.15) is 15.0 Å². The van der Waals surface area contributed by atoms with E-state index < -0.39 is 0 Å². The smallest absolute Gasteiger partial charge is 0.322 e. The van der Waals surface area contributed by atoms with E-state index >= 15 is 0 Å². The average molecular weight is 295 g/mol. The summed E-state index contributed by atoms with van der Waals surface area (Å²) < 4.78 is 5.18. The molecule has 0 aromatic carbocycles. The largest absolute Gasteiger partial charge is 0.467 e. The second-order valence-electron chi connectivity index (χ2n) is 5.28. The van der Waals surface area contributed by atoms with Crippen LogP contribution in [0.4, 0.5) is 11.9 Å². The SMILES string of the molecule is CCC(CO)Nc1nc(OC)nc(N2CCCCCC2)n1. The lowest BCUT2D eigenvalue weighted by Crippen LogP contribution is -2.28. The molecule has 0 spiro atoms. The molecule has 1 aliphatic heterocycles. The van der Waals surface area contributed by atoms with Gasteiger partial charge in [0, 0.05) is 13.1 Å². The molecule has 1 aliphatic rings. The van der Waals surface area contributed by atoms with Crippen LogP contribution in [0.5, 0.6) is 6.01 Å². The number of aliphatic hydroxyl groups excluding tert-OH is 1. The molecule has 0 bridgehead atoms. The van der Waals surface area contributed by atoms with Crippen molar-refractivity contribution in [1.29, 1.82) is 0 Å². The Kier molecular flexibility index (Phi) is 5.98. The third kappa shape index (κ3) is 4.42. The second kappa shape index (κ2) is 7.97. The van der Waals surface area contributed by atoms with Gasteiger partial charge in [-0.25, -0.2) is 0 Å². The van der Waals surface area contributed by atoms with Crippen LogP contribution >= 0.6 is 0 Å². The Morgan fingerprint density at radius 1 is 1.19 bits per heavy atom. The number of hydrogen-bond acceptors (Lipinski definition) is 7. The van der Waals surface area contributed by atoms with Gasteiger partial charge in [-0.15, -0.1) is 0 Å². The molecule has 1 unspecified atom stereocenters. The first-order valence-electron chi connectivity index (χ1n) is 7.69. The van der Waals surface area contributed by atoms with Crippen molar-refractivity contribution in [2.45, 2.75) is 45.1 Å². The molecule has 0 aliphatic carbocycles. The van der Waals surface area contributed by atoms with Crippen LogP contribution in [-0.4, -0.2) is 52.9 Å². The van der Waals surface area contributed by atoms with E-state index in [0.717, 1.165) is 32.4 Å². The van der Waals surface area contributed by atoms with Crippen LogP contribution in [0.3, 0.4) is 0 Å². The predicted molar refractivity (Wildman–Crippen MR) is 81.8 cm³/mol. The maximum Gasteiger partial charge on any atom is 0.322 e. The molecule has 2 rings (SSSR count). The summed E-state index contributed by atoms with van der Waals surface area (Å²) in [6, 6.07) is 0.244. The van der Waals surface area contributed by atoms with Gasteiger partial charge < -0.3 is 20.1 Å². The lowest BCUT2D eigenvalue weighted by Gasteiger charge is -2.21. The Morgan fingerprint density at radius 3 is 2.48 bits per heavy atom. The first-order chi connectivity index (χ1) is 10.3. The summed E-state index contributed by atoms with van der Waals surface area (Å²) in [6.07, 6.45) is 5.62. The summed E-state index contributed by atoms with van der Waals surface area (Å²) >= 11 is 0. The Hall–Kier alpha value is -1.63. The molecule has 7 heteroatoms. The van der Waals surface area contributed by atoms with Gasteiger partial charge in [-0.1, -0.05) is 19.8 Å². The van der Waals surface area contributed by atoms with Crippen LogP contribution in [0.25, 0.3) is 0 Å². The van der Waals surface area contributed by atoms with Gasteiger partial charge in [0.05, 0.1) is 19.8 Å². The standard InChI is InChI=1S/C14H25N5O2/c1-3-11(10-20)15-12-16-13(18-14(17-12)21-2)19-8-6-4-5-7-9-19/h11,20H,3-10H2,1-2H3,(H,15,16,17,18). The zero-order chi connectivity index (χ0) is 15.1. The summed E-state index contributed by atoms with van der Waals surface area (Å²) in [4.78, 5) is 15.2. The van der Waals surface area contributed by atoms with Crippen molar-refractivity contribution in [3.63, 3.8) is 0 Å². The summed E-state index contributed by atoms with van der Waals surface area (Å²) in [5.74, 6) is 1.11. The van der Waals surface area contributed by atoms with E-state index in [1.807, 2.05) is 6.92 Å². The molecule has 1 aromatic rings. The van der Waals surface area contributed by atoms with Gasteiger partial charge >= 0.3 is 6.01 Å². The fourth-order valence-corrected chi connectivity index (χ4v) is 2.37. The number of methoxy groups -OCH3 is 1. The number of rotatable bonds is 6. The quantitative estimate of drug-likeness (QED) is 0.821. The van der Waals surface area contributed by atoms with Crippen molar-refractivity contribution in [3.05, 3.63) is 0 Å². The summed E-state index contributed by atoms with van der Waals surface area (Å²) in [5, 5.41) is 12.4. The number of ether oxygens (including phenoxy) is 1. The minimum Gasteiger partial charge on any atom is -0.467 e. The first kappa shape index (κ1) is 15.8. The number of nitrogens with zero attached hydrogens (tertiary/aromatic N) is 4. The highest BCUT2D eigenvalue weighted by atomic mass is 16.5. The van der Waals surface area contributed by atoms with E-state index in [9.17, 15) is 5.11 Å². The minimum atomic E-state index is -0.0610. The van der Waals surface area contributed by atoms with Gasteiger partial charge in [0.2, 0.25) is 11.9 Å². The molecular formula is C14H25N5O2. The van der Waals surface area contributed by atoms with E-state index in [1.165, 1.54) is 12.8 Å². The maximum atomic E-state index is 9.29. The molecule has 2 N–H and O–H groups in total. The summed E-state index contributed by atoms with van der Waals surface area (Å²) in [5.41, 5.74) is 0. The van der Waals surface area contributed by atoms with E-state index in [2.05, 4.69) is 25.2 Å². The highest BCUT2D eigenvalue weighted by Crippen LogP contribution is 2.19. The van der Waals surface area contributed by atoms with Crippen molar-refractivity contribution in [2.24, 2.45) is 0 Å². The van der Waals surface area contributed by atoms with Crippen molar-refractivity contribution in [3.8, 4) is 6.01 Å². The van der Waals surface area contributed by atoms with E-state index in [1.54, 1.807) is 7.11 Å². The molecule has 0 radical (unpaired) electrons. The molecule has 1 fully saturated rings. The third-order valence-electron chi connectivity index (χ3n) is 3.72. The van der Waals surface area contributed by atoms with E-state index in [-0.39, 0.29) is 12.6 Å². The third-order valence-corrected chi connectivity index (χ3v) is 3.72. The Bertz CT molecular complexity index is 431. The molecule has 7 nitrogen and oxygen atoms in total. The molecule has 1 atom stereocenters. The van der Waals surface area contributed by atoms with Crippen LogP contribution in [0.2, 0.25) is 0 Å². The lowest BCUT2D eigenvalue weighted by molar-refractivity contribution is 0.271. The topological polar surface area (TPSA) is 83.4 Å².